The van der Waals surface area contributed by atoms with E-state index in [0.29, 0.717) is 35.7 Å². The largest absolute Gasteiger partial charge is 0.394 e. The molecule has 0 radical (unpaired) electrons. The number of carbonyl (C=O) groups is 3. The number of benzene rings is 3. The molecule has 4 heterocycles. The summed E-state index contributed by atoms with van der Waals surface area (Å²) in [7, 11) is -3.48. The van der Waals surface area contributed by atoms with E-state index in [1.165, 1.54) is 0 Å². The van der Waals surface area contributed by atoms with Crippen LogP contribution in [0.3, 0.4) is 0 Å². The number of aryl methyl sites for hydroxylation is 1. The molecule has 0 unspecified atom stereocenters. The number of carbonyl (C=O) groups excluding carboxylic acids is 3. The van der Waals surface area contributed by atoms with Gasteiger partial charge >= 0.3 is 0 Å². The highest BCUT2D eigenvalue weighted by Crippen LogP contribution is 2.60. The lowest BCUT2D eigenvalue weighted by atomic mass is 9.82. The molecule has 1 N–H and O–H groups in total. The molecule has 0 aliphatic carbocycles. The van der Waals surface area contributed by atoms with Gasteiger partial charge in [0.2, 0.25) is 20.2 Å². The predicted octanol–water partition coefficient (Wildman–Crippen LogP) is 6.65. The highest BCUT2D eigenvalue weighted by molar-refractivity contribution is 6.72. The molecule has 0 saturated carbocycles. The summed E-state index contributed by atoms with van der Waals surface area (Å²) in [5, 5.41) is 10.3. The maximum absolute atomic E-state index is 16.3. The number of hydrogen-bond acceptors (Lipinski definition) is 5. The van der Waals surface area contributed by atoms with Crippen LogP contribution in [0.15, 0.2) is 66.7 Å². The second-order valence-corrected chi connectivity index (χ2v) is 18.4. The van der Waals surface area contributed by atoms with Crippen LogP contribution in [0, 0.1) is 5.92 Å². The predicted molar refractivity (Wildman–Crippen MR) is 185 cm³/mol. The molecule has 252 valence electrons. The molecule has 2 fully saturated rings. The molecule has 3 aromatic carbocycles. The molecule has 11 heteroatoms. The first-order chi connectivity index (χ1) is 22.9. The van der Waals surface area contributed by atoms with Gasteiger partial charge in [0, 0.05) is 40.7 Å². The zero-order chi connectivity index (χ0) is 34.0. The highest BCUT2D eigenvalue weighted by Gasteiger charge is 2.67. The third-order valence-corrected chi connectivity index (χ3v) is 13.5. The van der Waals surface area contributed by atoms with Gasteiger partial charge in [-0.05, 0) is 79.9 Å². The van der Waals surface area contributed by atoms with Crippen molar-refractivity contribution in [1.82, 2.24) is 4.90 Å². The Kier molecular flexibility index (Phi) is 8.51. The molecule has 1 spiro atoms. The number of nitrogens with zero attached hydrogens (tertiary/aromatic N) is 3. The minimum absolute atomic E-state index is 0.0130. The Labute approximate surface area is 286 Å². The molecule has 8 nitrogen and oxygen atoms in total. The smallest absolute Gasteiger partial charge is 0.264 e. The number of rotatable bonds is 7. The van der Waals surface area contributed by atoms with Gasteiger partial charge in [-0.2, -0.15) is 0 Å². The van der Waals surface area contributed by atoms with Crippen LogP contribution < -0.4 is 9.80 Å². The average Bonchev–Trinajstić information content (AvgIpc) is 3.71. The van der Waals surface area contributed by atoms with E-state index in [-0.39, 0.29) is 43.3 Å². The highest BCUT2D eigenvalue weighted by atomic mass is 35.5. The summed E-state index contributed by atoms with van der Waals surface area (Å²) in [5.41, 5.74) is 2.55. The molecule has 3 amide bonds. The fraction of sp³-hybridized carbons (Fsp3) is 0.432. The Morgan fingerprint density at radius 2 is 1.85 bits per heavy atom. The minimum Gasteiger partial charge on any atom is -0.394 e. The quantitative estimate of drug-likeness (QED) is 0.222. The van der Waals surface area contributed by atoms with Crippen LogP contribution in [0.1, 0.15) is 49.3 Å². The third kappa shape index (κ3) is 5.37. The summed E-state index contributed by atoms with van der Waals surface area (Å²) in [5.74, 6) is -1.07. The molecule has 48 heavy (non-hydrogen) atoms. The standard InChI is InChI=1S/C37H41ClFN3O5Si/c1-23-35(48(2,3)39)32(20-34(45)40-17-7-11-28(40)22-43)47-37(23)29-19-26(38)14-15-31(29)41(36(37)46)21-24-8-6-10-27(18-24)42-30-12-5-4-9-25(30)13-16-33(42)44/h4-6,8-10,12,14-15,18-19,23,28,32,35,43H,7,11,13,16-17,20-22H2,1-3H3/t23-,28-,32+,35-,37+/m0/s1. The molecule has 0 bridgehead atoms. The van der Waals surface area contributed by atoms with Crippen LogP contribution >= 0.6 is 11.6 Å². The number of halogens is 2. The molecular formula is C37H41ClFN3O5Si. The van der Waals surface area contributed by atoms with E-state index in [4.69, 9.17) is 16.3 Å². The van der Waals surface area contributed by atoms with Crippen LogP contribution in [0.4, 0.5) is 21.2 Å². The molecule has 2 saturated heterocycles. The number of aliphatic hydroxyl groups excluding tert-OH is 1. The van der Waals surface area contributed by atoms with Gasteiger partial charge in [-0.3, -0.25) is 19.3 Å². The van der Waals surface area contributed by atoms with E-state index < -0.39 is 31.6 Å². The number of fused-ring (bicyclic) bond motifs is 3. The number of hydrogen-bond donors (Lipinski definition) is 1. The summed E-state index contributed by atoms with van der Waals surface area (Å²) in [4.78, 5) is 46.7. The van der Waals surface area contributed by atoms with Gasteiger partial charge in [0.25, 0.3) is 5.91 Å². The van der Waals surface area contributed by atoms with Crippen molar-refractivity contribution in [2.75, 3.05) is 23.0 Å². The van der Waals surface area contributed by atoms with E-state index >= 15 is 4.11 Å². The van der Waals surface area contributed by atoms with Gasteiger partial charge in [-0.25, -0.2) is 0 Å². The maximum Gasteiger partial charge on any atom is 0.264 e. The molecule has 5 atom stereocenters. The molecule has 0 aromatic heterocycles. The number of amides is 3. The summed E-state index contributed by atoms with van der Waals surface area (Å²) in [6, 6.07) is 20.5. The number of anilines is 3. The van der Waals surface area contributed by atoms with Crippen LogP contribution in [0.25, 0.3) is 0 Å². The van der Waals surface area contributed by atoms with Gasteiger partial charge in [-0.15, -0.1) is 0 Å². The van der Waals surface area contributed by atoms with Crippen molar-refractivity contribution in [1.29, 1.82) is 0 Å². The molecule has 7 rings (SSSR count). The molecule has 4 aliphatic heterocycles. The van der Waals surface area contributed by atoms with Crippen LogP contribution in [-0.4, -0.2) is 61.4 Å². The van der Waals surface area contributed by atoms with Crippen molar-refractivity contribution in [3.05, 3.63) is 88.4 Å². The molecular weight excluding hydrogens is 649 g/mol. The number of likely N-dealkylation sites (tertiary alicyclic amines) is 1. The third-order valence-electron chi connectivity index (χ3n) is 10.8. The normalized spacial score (nSPS) is 26.8. The molecule has 3 aromatic rings. The van der Waals surface area contributed by atoms with E-state index in [2.05, 4.69) is 0 Å². The van der Waals surface area contributed by atoms with Gasteiger partial charge in [0.1, 0.15) is 0 Å². The van der Waals surface area contributed by atoms with Crippen molar-refractivity contribution >= 4 is 54.8 Å². The van der Waals surface area contributed by atoms with Gasteiger partial charge in [0.15, 0.2) is 5.60 Å². The zero-order valence-corrected chi connectivity index (χ0v) is 29.3. The lowest BCUT2D eigenvalue weighted by Crippen LogP contribution is -2.45. The minimum atomic E-state index is -3.48. The van der Waals surface area contributed by atoms with E-state index in [1.54, 1.807) is 46.0 Å². The van der Waals surface area contributed by atoms with Crippen LogP contribution in [-0.2, 0) is 37.7 Å². The van der Waals surface area contributed by atoms with Crippen molar-refractivity contribution < 1.29 is 28.3 Å². The lowest BCUT2D eigenvalue weighted by molar-refractivity contribution is -0.150. The number of ether oxygens (including phenoxy) is 1. The van der Waals surface area contributed by atoms with Crippen molar-refractivity contribution in [2.24, 2.45) is 5.92 Å². The summed E-state index contributed by atoms with van der Waals surface area (Å²) in [6.07, 6.45) is 1.75. The van der Waals surface area contributed by atoms with Crippen LogP contribution in [0.2, 0.25) is 23.7 Å². The van der Waals surface area contributed by atoms with Crippen molar-refractivity contribution in [3.8, 4) is 0 Å². The summed E-state index contributed by atoms with van der Waals surface area (Å²) in [6.45, 7) is 5.70. The van der Waals surface area contributed by atoms with E-state index in [9.17, 15) is 19.5 Å². The first kappa shape index (κ1) is 32.9. The average molecular weight is 690 g/mol. The van der Waals surface area contributed by atoms with Crippen LogP contribution in [0.5, 0.6) is 0 Å². The zero-order valence-electron chi connectivity index (χ0n) is 27.5. The van der Waals surface area contributed by atoms with E-state index in [1.807, 2.05) is 55.5 Å². The Bertz CT molecular complexity index is 1780. The summed E-state index contributed by atoms with van der Waals surface area (Å²) >= 11 is 6.54. The summed E-state index contributed by atoms with van der Waals surface area (Å²) < 4.78 is 23.1. The fourth-order valence-corrected chi connectivity index (χ4v) is 11.4. The molecule has 4 aliphatic rings. The Morgan fingerprint density at radius 3 is 2.62 bits per heavy atom. The Balaban J connectivity index is 1.23. The number of para-hydroxylation sites is 1. The van der Waals surface area contributed by atoms with E-state index in [0.717, 1.165) is 35.3 Å². The lowest BCUT2D eigenvalue weighted by Gasteiger charge is -2.31. The van der Waals surface area contributed by atoms with Gasteiger partial charge in [0.05, 0.1) is 43.1 Å². The second-order valence-electron chi connectivity index (χ2n) is 14.1. The topological polar surface area (TPSA) is 90.4 Å². The van der Waals surface area contributed by atoms with Crippen molar-refractivity contribution in [2.45, 2.75) is 82.0 Å². The Hall–Kier alpha value is -3.57. The first-order valence-electron chi connectivity index (χ1n) is 16.8. The van der Waals surface area contributed by atoms with Gasteiger partial charge in [-0.1, -0.05) is 48.9 Å². The monoisotopic (exact) mass is 689 g/mol. The second kappa shape index (κ2) is 12.4. The Morgan fingerprint density at radius 1 is 1.06 bits per heavy atom. The SMILES string of the molecule is C[C@H]1[C@H]([Si](C)(C)F)[C@@H](CC(=O)N2CCC[C@H]2CO)O[C@]12C(=O)N(Cc1cccc(N3C(=O)CCc4ccccc43)c1)c1ccc(Cl)cc12. The van der Waals surface area contributed by atoms with Gasteiger partial charge < -0.3 is 23.8 Å². The fourth-order valence-electron chi connectivity index (χ4n) is 8.71. The maximum atomic E-state index is 16.3. The number of aliphatic hydroxyl groups is 1. The first-order valence-corrected chi connectivity index (χ1v) is 20.2. The van der Waals surface area contributed by atoms with Crippen molar-refractivity contribution in [3.63, 3.8) is 0 Å².